The lowest BCUT2D eigenvalue weighted by atomic mass is 10.2. The molecule has 25 heavy (non-hydrogen) atoms. The maximum atomic E-state index is 14.2. The molecule has 2 heterocycles. The fourth-order valence-electron chi connectivity index (χ4n) is 2.87. The number of para-hydroxylation sites is 1. The molecule has 0 radical (unpaired) electrons. The Kier molecular flexibility index (Phi) is 5.11. The van der Waals surface area contributed by atoms with Gasteiger partial charge in [0.2, 0.25) is 5.82 Å². The molecule has 3 rings (SSSR count). The highest BCUT2D eigenvalue weighted by Gasteiger charge is 2.30. The lowest BCUT2D eigenvalue weighted by molar-refractivity contribution is 0.0766. The number of hydrogen-bond acceptors (Lipinski definition) is 5. The third-order valence-electron chi connectivity index (χ3n) is 4.21. The first kappa shape index (κ1) is 17.1. The minimum atomic E-state index is -0.528. The van der Waals surface area contributed by atoms with Crippen molar-refractivity contribution in [3.63, 3.8) is 0 Å². The van der Waals surface area contributed by atoms with Crippen molar-refractivity contribution in [3.05, 3.63) is 47.7 Å². The number of likely N-dealkylation sites (tertiary alicyclic amines) is 1. The highest BCUT2D eigenvalue weighted by atomic mass is 19.1. The van der Waals surface area contributed by atoms with Gasteiger partial charge in [-0.3, -0.25) is 4.79 Å². The third kappa shape index (κ3) is 3.55. The molecular formula is C18H20FN3O3. The number of aromatic nitrogens is 2. The van der Waals surface area contributed by atoms with E-state index in [1.165, 1.54) is 13.4 Å². The first-order valence-electron chi connectivity index (χ1n) is 8.22. The maximum Gasteiger partial charge on any atom is 0.257 e. The molecule has 1 aromatic carbocycles. The number of amides is 1. The molecule has 1 amide bonds. The summed E-state index contributed by atoms with van der Waals surface area (Å²) in [6.07, 6.45) is 2.08. The van der Waals surface area contributed by atoms with Gasteiger partial charge in [0.1, 0.15) is 18.2 Å². The summed E-state index contributed by atoms with van der Waals surface area (Å²) in [5, 5.41) is 0. The van der Waals surface area contributed by atoms with E-state index in [4.69, 9.17) is 9.47 Å². The zero-order valence-electron chi connectivity index (χ0n) is 14.2. The summed E-state index contributed by atoms with van der Waals surface area (Å²) in [5.41, 5.74) is 0.831. The zero-order valence-corrected chi connectivity index (χ0v) is 14.2. The van der Waals surface area contributed by atoms with Crippen molar-refractivity contribution in [2.75, 3.05) is 20.2 Å². The van der Waals surface area contributed by atoms with Crippen LogP contribution in [0, 0.1) is 5.82 Å². The van der Waals surface area contributed by atoms with E-state index in [1.54, 1.807) is 23.1 Å². The van der Waals surface area contributed by atoms with Crippen LogP contribution in [0.2, 0.25) is 0 Å². The number of carbonyl (C=O) groups is 1. The Hall–Kier alpha value is -2.70. The Morgan fingerprint density at radius 3 is 2.92 bits per heavy atom. The second-order valence-electron chi connectivity index (χ2n) is 5.77. The Morgan fingerprint density at radius 2 is 2.16 bits per heavy atom. The number of aryl methyl sites for hydroxylation is 1. The average molecular weight is 345 g/mol. The van der Waals surface area contributed by atoms with Crippen LogP contribution in [0.15, 0.2) is 30.6 Å². The van der Waals surface area contributed by atoms with Gasteiger partial charge in [0.15, 0.2) is 0 Å². The molecule has 1 fully saturated rings. The number of ether oxygens (including phenoxy) is 2. The van der Waals surface area contributed by atoms with Gasteiger partial charge >= 0.3 is 0 Å². The number of rotatable bonds is 5. The molecule has 0 bridgehead atoms. The lowest BCUT2D eigenvalue weighted by Gasteiger charge is -2.18. The number of carbonyl (C=O) groups excluding carboxylic acids is 1. The van der Waals surface area contributed by atoms with Crippen molar-refractivity contribution < 1.29 is 18.7 Å². The van der Waals surface area contributed by atoms with E-state index in [1.807, 2.05) is 13.0 Å². The van der Waals surface area contributed by atoms with Crippen LogP contribution in [-0.2, 0) is 6.42 Å². The van der Waals surface area contributed by atoms with Crippen LogP contribution >= 0.6 is 0 Å². The third-order valence-corrected chi connectivity index (χ3v) is 4.21. The van der Waals surface area contributed by atoms with Gasteiger partial charge in [-0.15, -0.1) is 0 Å². The molecule has 1 saturated heterocycles. The lowest BCUT2D eigenvalue weighted by Crippen LogP contribution is -2.31. The van der Waals surface area contributed by atoms with Crippen molar-refractivity contribution in [1.29, 1.82) is 0 Å². The molecule has 0 spiro atoms. The number of nitrogens with zero attached hydrogens (tertiary/aromatic N) is 3. The Bertz CT molecular complexity index is 769. The van der Waals surface area contributed by atoms with Crippen LogP contribution in [0.3, 0.4) is 0 Å². The van der Waals surface area contributed by atoms with E-state index in [-0.39, 0.29) is 17.9 Å². The summed E-state index contributed by atoms with van der Waals surface area (Å²) >= 11 is 0. The molecule has 0 saturated carbocycles. The molecule has 1 aromatic heterocycles. The molecule has 2 aromatic rings. The number of methoxy groups -OCH3 is 1. The predicted octanol–water partition coefficient (Wildman–Crippen LogP) is 2.48. The summed E-state index contributed by atoms with van der Waals surface area (Å²) in [6, 6.07) is 7.09. The SMILES string of the molecule is CCc1ncnc(OC2CCN(C(=O)c3ccccc3OC)C2)c1F. The van der Waals surface area contributed by atoms with Gasteiger partial charge < -0.3 is 14.4 Å². The van der Waals surface area contributed by atoms with Crippen molar-refractivity contribution in [1.82, 2.24) is 14.9 Å². The smallest absolute Gasteiger partial charge is 0.257 e. The standard InChI is InChI=1S/C18H20FN3O3/c1-3-14-16(19)17(21-11-20-14)25-12-8-9-22(10-12)18(23)13-6-4-5-7-15(13)24-2/h4-7,11-12H,3,8-10H2,1-2H3. The Morgan fingerprint density at radius 1 is 1.36 bits per heavy atom. The molecule has 7 heteroatoms. The summed E-state index contributed by atoms with van der Waals surface area (Å²) < 4.78 is 25.1. The Balaban J connectivity index is 1.69. The average Bonchev–Trinajstić information content (AvgIpc) is 3.11. The number of hydrogen-bond donors (Lipinski definition) is 0. The van der Waals surface area contributed by atoms with E-state index in [0.29, 0.717) is 42.9 Å². The van der Waals surface area contributed by atoms with E-state index >= 15 is 0 Å². The monoisotopic (exact) mass is 345 g/mol. The number of halogens is 1. The minimum Gasteiger partial charge on any atom is -0.496 e. The van der Waals surface area contributed by atoms with Crippen LogP contribution in [0.25, 0.3) is 0 Å². The molecule has 6 nitrogen and oxygen atoms in total. The van der Waals surface area contributed by atoms with Crippen LogP contribution in [0.4, 0.5) is 4.39 Å². The Labute approximate surface area is 145 Å². The maximum absolute atomic E-state index is 14.2. The van der Waals surface area contributed by atoms with Gasteiger partial charge in [-0.2, -0.15) is 9.37 Å². The molecule has 1 unspecified atom stereocenters. The van der Waals surface area contributed by atoms with Crippen molar-refractivity contribution >= 4 is 5.91 Å². The number of benzene rings is 1. The minimum absolute atomic E-state index is 0.0524. The highest BCUT2D eigenvalue weighted by Crippen LogP contribution is 2.24. The molecule has 1 aliphatic rings. The molecule has 1 atom stereocenters. The van der Waals surface area contributed by atoms with Gasteiger partial charge in [-0.1, -0.05) is 19.1 Å². The quantitative estimate of drug-likeness (QED) is 0.833. The van der Waals surface area contributed by atoms with Gasteiger partial charge in [-0.25, -0.2) is 4.98 Å². The van der Waals surface area contributed by atoms with E-state index in [2.05, 4.69) is 9.97 Å². The normalized spacial score (nSPS) is 16.8. The predicted molar refractivity (Wildman–Crippen MR) is 89.3 cm³/mol. The largest absolute Gasteiger partial charge is 0.496 e. The summed E-state index contributed by atoms with van der Waals surface area (Å²) in [5.74, 6) is -0.171. The zero-order chi connectivity index (χ0) is 17.8. The van der Waals surface area contributed by atoms with Gasteiger partial charge in [0.05, 0.1) is 24.9 Å². The van der Waals surface area contributed by atoms with E-state index < -0.39 is 5.82 Å². The molecule has 1 aliphatic heterocycles. The van der Waals surface area contributed by atoms with Gasteiger partial charge in [0, 0.05) is 13.0 Å². The molecule has 0 aliphatic carbocycles. The topological polar surface area (TPSA) is 64.6 Å². The van der Waals surface area contributed by atoms with Gasteiger partial charge in [-0.05, 0) is 18.6 Å². The van der Waals surface area contributed by atoms with E-state index in [9.17, 15) is 9.18 Å². The van der Waals surface area contributed by atoms with E-state index in [0.717, 1.165) is 0 Å². The molecule has 132 valence electrons. The molecular weight excluding hydrogens is 325 g/mol. The molecule has 0 N–H and O–H groups in total. The van der Waals surface area contributed by atoms with Crippen LogP contribution in [-0.4, -0.2) is 47.1 Å². The summed E-state index contributed by atoms with van der Waals surface area (Å²) in [4.78, 5) is 22.1. The van der Waals surface area contributed by atoms with Crippen molar-refractivity contribution in [2.45, 2.75) is 25.9 Å². The fourth-order valence-corrected chi connectivity index (χ4v) is 2.87. The summed E-state index contributed by atoms with van der Waals surface area (Å²) in [7, 11) is 1.53. The first-order chi connectivity index (χ1) is 12.1. The summed E-state index contributed by atoms with van der Waals surface area (Å²) in [6.45, 7) is 2.73. The second-order valence-corrected chi connectivity index (χ2v) is 5.77. The van der Waals surface area contributed by atoms with Crippen LogP contribution < -0.4 is 9.47 Å². The van der Waals surface area contributed by atoms with Crippen LogP contribution in [0.5, 0.6) is 11.6 Å². The fraction of sp³-hybridized carbons (Fsp3) is 0.389. The van der Waals surface area contributed by atoms with Crippen LogP contribution in [0.1, 0.15) is 29.4 Å². The van der Waals surface area contributed by atoms with Crippen molar-refractivity contribution in [2.24, 2.45) is 0 Å². The second kappa shape index (κ2) is 7.46. The van der Waals surface area contributed by atoms with Crippen molar-refractivity contribution in [3.8, 4) is 11.6 Å². The van der Waals surface area contributed by atoms with Gasteiger partial charge in [0.25, 0.3) is 11.8 Å². The highest BCUT2D eigenvalue weighted by molar-refractivity contribution is 5.97. The first-order valence-corrected chi connectivity index (χ1v) is 8.22.